The molecule has 0 radical (unpaired) electrons. The molecule has 0 aliphatic heterocycles. The van der Waals surface area contributed by atoms with E-state index in [2.05, 4.69) is 169 Å². The van der Waals surface area contributed by atoms with Crippen LogP contribution in [0.2, 0.25) is 0 Å². The Bertz CT molecular complexity index is 1570. The summed E-state index contributed by atoms with van der Waals surface area (Å²) in [6.45, 7) is 4.32. The smallest absolute Gasteiger partial charge is 0.0517 e. The highest BCUT2D eigenvalue weighted by atomic mass is 15.2. The molecule has 2 atom stereocenters. The molecule has 0 fully saturated rings. The van der Waals surface area contributed by atoms with Gasteiger partial charge in [-0.05, 0) is 97.5 Å². The Morgan fingerprint density at radius 3 is 1.88 bits per heavy atom. The number of para-hydroxylation sites is 1. The Kier molecular flexibility index (Phi) is 7.50. The van der Waals surface area contributed by atoms with Crippen LogP contribution >= 0.6 is 0 Å². The number of nitrogens with zero attached hydrogens (tertiary/aromatic N) is 2. The van der Waals surface area contributed by atoms with Crippen molar-refractivity contribution in [3.05, 3.63) is 162 Å². The fourth-order valence-corrected chi connectivity index (χ4v) is 5.81. The van der Waals surface area contributed by atoms with Gasteiger partial charge in [0.05, 0.1) is 12.1 Å². The number of benzene rings is 4. The number of allylic oxidation sites excluding steroid dienone is 4. The van der Waals surface area contributed by atoms with E-state index in [0.29, 0.717) is 12.1 Å². The zero-order valence-electron chi connectivity index (χ0n) is 23.3. The summed E-state index contributed by atoms with van der Waals surface area (Å²) in [7, 11) is 0. The predicted octanol–water partition coefficient (Wildman–Crippen LogP) is 9.88. The maximum atomic E-state index is 2.58. The minimum atomic E-state index is 0.320. The molecule has 198 valence electrons. The monoisotopic (exact) mass is 520 g/mol. The van der Waals surface area contributed by atoms with Gasteiger partial charge in [-0.1, -0.05) is 97.1 Å². The lowest BCUT2D eigenvalue weighted by molar-refractivity contribution is 0.616. The third-order valence-electron chi connectivity index (χ3n) is 7.78. The van der Waals surface area contributed by atoms with Crippen LogP contribution in [0, 0.1) is 13.8 Å². The molecule has 0 saturated carbocycles. The molecule has 2 nitrogen and oxygen atoms in total. The lowest BCUT2D eigenvalue weighted by Gasteiger charge is -2.39. The van der Waals surface area contributed by atoms with E-state index in [0.717, 1.165) is 24.2 Å². The first-order chi connectivity index (χ1) is 19.7. The molecule has 4 aromatic rings. The highest BCUT2D eigenvalue weighted by molar-refractivity contribution is 5.80. The third kappa shape index (κ3) is 5.58. The van der Waals surface area contributed by atoms with E-state index in [-0.39, 0.29) is 0 Å². The van der Waals surface area contributed by atoms with Crippen molar-refractivity contribution in [2.75, 3.05) is 9.80 Å². The predicted molar refractivity (Wildman–Crippen MR) is 172 cm³/mol. The van der Waals surface area contributed by atoms with Crippen LogP contribution in [0.3, 0.4) is 0 Å². The molecule has 0 heterocycles. The van der Waals surface area contributed by atoms with Crippen LogP contribution in [0.25, 0.3) is 5.57 Å². The van der Waals surface area contributed by atoms with Crippen LogP contribution < -0.4 is 9.80 Å². The zero-order valence-corrected chi connectivity index (χ0v) is 23.3. The summed E-state index contributed by atoms with van der Waals surface area (Å²) >= 11 is 0. The van der Waals surface area contributed by atoms with Gasteiger partial charge >= 0.3 is 0 Å². The second-order valence-corrected chi connectivity index (χ2v) is 10.7. The Morgan fingerprint density at radius 2 is 1.23 bits per heavy atom. The van der Waals surface area contributed by atoms with Gasteiger partial charge in [-0.25, -0.2) is 0 Å². The molecule has 2 unspecified atom stereocenters. The van der Waals surface area contributed by atoms with Gasteiger partial charge < -0.3 is 9.80 Å². The van der Waals surface area contributed by atoms with Crippen molar-refractivity contribution in [2.45, 2.75) is 38.8 Å². The first kappa shape index (κ1) is 25.7. The zero-order chi connectivity index (χ0) is 27.3. The fourth-order valence-electron chi connectivity index (χ4n) is 5.81. The van der Waals surface area contributed by atoms with Crippen LogP contribution in [0.5, 0.6) is 0 Å². The minimum absolute atomic E-state index is 0.320. The average Bonchev–Trinajstić information content (AvgIpc) is 3.00. The molecule has 0 bridgehead atoms. The summed E-state index contributed by atoms with van der Waals surface area (Å²) in [6.07, 6.45) is 18.1. The van der Waals surface area contributed by atoms with Crippen LogP contribution in [0.1, 0.15) is 29.5 Å². The molecule has 2 heteroatoms. The topological polar surface area (TPSA) is 6.48 Å². The lowest BCUT2D eigenvalue weighted by atomic mass is 9.93. The van der Waals surface area contributed by atoms with Gasteiger partial charge in [-0.2, -0.15) is 0 Å². The summed E-state index contributed by atoms with van der Waals surface area (Å²) in [5.41, 5.74) is 9.85. The Balaban J connectivity index is 1.25. The van der Waals surface area contributed by atoms with Gasteiger partial charge in [0, 0.05) is 22.7 Å². The van der Waals surface area contributed by atoms with E-state index in [9.17, 15) is 0 Å². The van der Waals surface area contributed by atoms with E-state index >= 15 is 0 Å². The van der Waals surface area contributed by atoms with Crippen molar-refractivity contribution in [3.63, 3.8) is 0 Å². The van der Waals surface area contributed by atoms with Crippen molar-refractivity contribution >= 4 is 28.3 Å². The van der Waals surface area contributed by atoms with Crippen molar-refractivity contribution in [1.82, 2.24) is 0 Å². The Morgan fingerprint density at radius 1 is 0.575 bits per heavy atom. The molecule has 0 amide bonds. The van der Waals surface area contributed by atoms with Crippen molar-refractivity contribution in [2.24, 2.45) is 0 Å². The highest BCUT2D eigenvalue weighted by Gasteiger charge is 2.25. The quantitative estimate of drug-likeness (QED) is 0.239. The van der Waals surface area contributed by atoms with E-state index in [4.69, 9.17) is 0 Å². The summed E-state index contributed by atoms with van der Waals surface area (Å²) < 4.78 is 0. The van der Waals surface area contributed by atoms with Crippen LogP contribution in [-0.2, 0) is 0 Å². The van der Waals surface area contributed by atoms with Gasteiger partial charge in [-0.15, -0.1) is 0 Å². The summed E-state index contributed by atoms with van der Waals surface area (Å²) in [6, 6.07) is 37.9. The number of aryl methyl sites for hydroxylation is 2. The van der Waals surface area contributed by atoms with Crippen LogP contribution in [0.15, 0.2) is 146 Å². The second-order valence-electron chi connectivity index (χ2n) is 10.7. The molecule has 0 spiro atoms. The number of rotatable bonds is 7. The normalized spacial score (nSPS) is 17.9. The molecule has 2 aliphatic rings. The maximum Gasteiger partial charge on any atom is 0.0517 e. The molecule has 40 heavy (non-hydrogen) atoms. The lowest BCUT2D eigenvalue weighted by Crippen LogP contribution is -2.42. The maximum absolute atomic E-state index is 2.58. The van der Waals surface area contributed by atoms with Gasteiger partial charge in [0.2, 0.25) is 0 Å². The summed E-state index contributed by atoms with van der Waals surface area (Å²) in [5, 5.41) is 0. The first-order valence-electron chi connectivity index (χ1n) is 14.2. The molecule has 4 aromatic carbocycles. The van der Waals surface area contributed by atoms with E-state index in [1.807, 2.05) is 0 Å². The van der Waals surface area contributed by atoms with Gasteiger partial charge in [0.25, 0.3) is 0 Å². The fraction of sp³-hybridized carbons (Fsp3) is 0.158. The molecule has 0 N–H and O–H groups in total. The Labute approximate surface area is 238 Å². The van der Waals surface area contributed by atoms with Crippen molar-refractivity contribution < 1.29 is 0 Å². The summed E-state index contributed by atoms with van der Waals surface area (Å²) in [5.74, 6) is 0. The van der Waals surface area contributed by atoms with E-state index in [1.54, 1.807) is 0 Å². The number of hydrogen-bond acceptors (Lipinski definition) is 2. The van der Waals surface area contributed by atoms with Crippen LogP contribution in [-0.4, -0.2) is 12.1 Å². The standard InChI is InChI=1S/C38H36N2/c1-29-11-9-17-37(27-29)39(33-13-5-3-6-14-33)35-23-19-31(20-24-35)32-21-25-36(26-22-32)40(34-15-7-4-8-16-34)38-18-10-12-30(2)28-38/h3-15,17-25,27-28,34,36H,16,26H2,1-2H3. The third-order valence-corrected chi connectivity index (χ3v) is 7.78. The van der Waals surface area contributed by atoms with Gasteiger partial charge in [0.15, 0.2) is 0 Å². The minimum Gasteiger partial charge on any atom is -0.358 e. The first-order valence-corrected chi connectivity index (χ1v) is 14.2. The van der Waals surface area contributed by atoms with E-state index in [1.165, 1.54) is 33.6 Å². The molecular weight excluding hydrogens is 484 g/mol. The van der Waals surface area contributed by atoms with Gasteiger partial charge in [-0.3, -0.25) is 0 Å². The molecule has 2 aliphatic carbocycles. The van der Waals surface area contributed by atoms with Crippen molar-refractivity contribution in [1.29, 1.82) is 0 Å². The largest absolute Gasteiger partial charge is 0.358 e. The molecule has 0 saturated heterocycles. The summed E-state index contributed by atoms with van der Waals surface area (Å²) in [4.78, 5) is 4.91. The second kappa shape index (κ2) is 11.7. The van der Waals surface area contributed by atoms with Crippen LogP contribution in [0.4, 0.5) is 22.7 Å². The van der Waals surface area contributed by atoms with Crippen molar-refractivity contribution in [3.8, 4) is 0 Å². The molecule has 6 rings (SSSR count). The Hall–Kier alpha value is -4.56. The average molecular weight is 521 g/mol. The molecular formula is C38H36N2. The van der Waals surface area contributed by atoms with Gasteiger partial charge in [0.1, 0.15) is 0 Å². The highest BCUT2D eigenvalue weighted by Crippen LogP contribution is 2.36. The SMILES string of the molecule is Cc1cccc(N(c2ccccc2)c2ccc(C3=CCC(N(c4cccc(C)c4)C4C=CC=CC4)C=C3)cc2)c1. The molecule has 0 aromatic heterocycles. The number of hydrogen-bond donors (Lipinski definition) is 0. The number of anilines is 4. The van der Waals surface area contributed by atoms with E-state index < -0.39 is 0 Å².